The lowest BCUT2D eigenvalue weighted by molar-refractivity contribution is -0.124. The Morgan fingerprint density at radius 1 is 1.35 bits per heavy atom. The highest BCUT2D eigenvalue weighted by Gasteiger charge is 2.42. The molecule has 1 aromatic carbocycles. The SMILES string of the molecule is Cn1nc(F)c2cc(CN3C4CCC3CC(C(N)=O)C4)ccc21. The van der Waals surface area contributed by atoms with Crippen LogP contribution in [-0.2, 0) is 18.4 Å². The molecule has 6 heteroatoms. The van der Waals surface area contributed by atoms with Crippen molar-refractivity contribution in [3.63, 3.8) is 0 Å². The van der Waals surface area contributed by atoms with Crippen LogP contribution in [0.2, 0.25) is 0 Å². The first kappa shape index (κ1) is 14.6. The molecule has 5 nitrogen and oxygen atoms in total. The number of nitrogens with two attached hydrogens (primary N) is 1. The van der Waals surface area contributed by atoms with E-state index < -0.39 is 5.95 Å². The third kappa shape index (κ3) is 2.41. The van der Waals surface area contributed by atoms with Gasteiger partial charge in [0.1, 0.15) is 0 Å². The van der Waals surface area contributed by atoms with Crippen molar-refractivity contribution < 1.29 is 9.18 Å². The Labute approximate surface area is 134 Å². The molecule has 0 aliphatic carbocycles. The molecule has 2 aliphatic heterocycles. The normalized spacial score (nSPS) is 27.7. The Morgan fingerprint density at radius 2 is 2.04 bits per heavy atom. The zero-order valence-electron chi connectivity index (χ0n) is 13.2. The largest absolute Gasteiger partial charge is 0.369 e. The third-order valence-electron chi connectivity index (χ3n) is 5.52. The summed E-state index contributed by atoms with van der Waals surface area (Å²) >= 11 is 0. The lowest BCUT2D eigenvalue weighted by Gasteiger charge is -2.38. The second-order valence-electron chi connectivity index (χ2n) is 6.89. The summed E-state index contributed by atoms with van der Waals surface area (Å²) < 4.78 is 15.4. The fourth-order valence-corrected chi connectivity index (χ4v) is 4.34. The van der Waals surface area contributed by atoms with Gasteiger partial charge in [0.05, 0.1) is 10.9 Å². The molecule has 2 fully saturated rings. The van der Waals surface area contributed by atoms with Crippen molar-refractivity contribution in [2.75, 3.05) is 0 Å². The van der Waals surface area contributed by atoms with Crippen LogP contribution >= 0.6 is 0 Å². The first-order valence-electron chi connectivity index (χ1n) is 8.19. The standard InChI is InChI=1S/C17H21FN4O/c1-21-15-5-2-10(6-14(15)16(18)20-21)9-22-12-3-4-13(22)8-11(7-12)17(19)23/h2,5-6,11-13H,3-4,7-9H2,1H3,(H2,19,23). The van der Waals surface area contributed by atoms with Gasteiger partial charge in [0.15, 0.2) is 0 Å². The van der Waals surface area contributed by atoms with Crippen LogP contribution in [0.4, 0.5) is 4.39 Å². The Kier molecular flexibility index (Phi) is 3.37. The van der Waals surface area contributed by atoms with Gasteiger partial charge < -0.3 is 5.73 Å². The number of hydrogen-bond acceptors (Lipinski definition) is 3. The van der Waals surface area contributed by atoms with Gasteiger partial charge in [-0.2, -0.15) is 4.39 Å². The van der Waals surface area contributed by atoms with Crippen molar-refractivity contribution in [1.82, 2.24) is 14.7 Å². The molecule has 0 spiro atoms. The fourth-order valence-electron chi connectivity index (χ4n) is 4.34. The number of amides is 1. The number of primary amides is 1. The molecule has 23 heavy (non-hydrogen) atoms. The van der Waals surface area contributed by atoms with E-state index in [0.29, 0.717) is 17.5 Å². The molecule has 2 bridgehead atoms. The summed E-state index contributed by atoms with van der Waals surface area (Å²) in [6.07, 6.45) is 3.96. The van der Waals surface area contributed by atoms with Gasteiger partial charge in [-0.15, -0.1) is 5.10 Å². The molecule has 3 heterocycles. The zero-order valence-corrected chi connectivity index (χ0v) is 13.2. The lowest BCUT2D eigenvalue weighted by atomic mass is 9.90. The van der Waals surface area contributed by atoms with Crippen LogP contribution in [0.25, 0.3) is 10.9 Å². The topological polar surface area (TPSA) is 64.2 Å². The highest BCUT2D eigenvalue weighted by atomic mass is 19.1. The van der Waals surface area contributed by atoms with Gasteiger partial charge in [-0.1, -0.05) is 6.07 Å². The number of piperidine rings is 1. The van der Waals surface area contributed by atoms with Crippen LogP contribution in [0, 0.1) is 11.9 Å². The van der Waals surface area contributed by atoms with E-state index in [1.807, 2.05) is 18.2 Å². The fraction of sp³-hybridized carbons (Fsp3) is 0.529. The van der Waals surface area contributed by atoms with E-state index in [9.17, 15) is 9.18 Å². The van der Waals surface area contributed by atoms with Gasteiger partial charge in [0.2, 0.25) is 11.9 Å². The Balaban J connectivity index is 1.57. The van der Waals surface area contributed by atoms with E-state index >= 15 is 0 Å². The minimum atomic E-state index is -0.417. The van der Waals surface area contributed by atoms with Crippen LogP contribution in [0.5, 0.6) is 0 Å². The molecule has 1 amide bonds. The van der Waals surface area contributed by atoms with E-state index in [4.69, 9.17) is 5.73 Å². The molecule has 4 rings (SSSR count). The summed E-state index contributed by atoms with van der Waals surface area (Å²) in [6.45, 7) is 0.797. The average molecular weight is 316 g/mol. The molecule has 2 unspecified atom stereocenters. The quantitative estimate of drug-likeness (QED) is 0.941. The Morgan fingerprint density at radius 3 is 2.70 bits per heavy atom. The predicted octanol–water partition coefficient (Wildman–Crippen LogP) is 1.94. The summed E-state index contributed by atoms with van der Waals surface area (Å²) in [7, 11) is 1.75. The maximum atomic E-state index is 13.9. The molecule has 1 aromatic heterocycles. The van der Waals surface area contributed by atoms with Crippen molar-refractivity contribution in [3.8, 4) is 0 Å². The van der Waals surface area contributed by atoms with Gasteiger partial charge in [0.25, 0.3) is 0 Å². The number of hydrogen-bond donors (Lipinski definition) is 1. The summed E-state index contributed by atoms with van der Waals surface area (Å²) in [5, 5.41) is 4.41. The molecule has 2 atom stereocenters. The van der Waals surface area contributed by atoms with Crippen LogP contribution in [-0.4, -0.2) is 32.7 Å². The second-order valence-corrected chi connectivity index (χ2v) is 6.89. The minimum absolute atomic E-state index is 0.0157. The number of carbonyl (C=O) groups excluding carboxylic acids is 1. The van der Waals surface area contributed by atoms with E-state index in [2.05, 4.69) is 10.00 Å². The molecular formula is C17H21FN4O. The number of aryl methyl sites for hydroxylation is 1. The van der Waals surface area contributed by atoms with E-state index in [1.165, 1.54) is 0 Å². The highest BCUT2D eigenvalue weighted by molar-refractivity contribution is 5.80. The summed E-state index contributed by atoms with van der Waals surface area (Å²) in [5.74, 6) is -0.567. The van der Waals surface area contributed by atoms with Crippen molar-refractivity contribution in [2.24, 2.45) is 18.7 Å². The van der Waals surface area contributed by atoms with Crippen molar-refractivity contribution in [3.05, 3.63) is 29.7 Å². The van der Waals surface area contributed by atoms with Gasteiger partial charge in [-0.25, -0.2) is 0 Å². The molecule has 0 saturated carbocycles. The van der Waals surface area contributed by atoms with Gasteiger partial charge in [-0.05, 0) is 43.4 Å². The van der Waals surface area contributed by atoms with Crippen LogP contribution < -0.4 is 5.73 Å². The first-order valence-corrected chi connectivity index (χ1v) is 8.19. The molecule has 2 saturated heterocycles. The molecule has 0 radical (unpaired) electrons. The first-order chi connectivity index (χ1) is 11.0. The van der Waals surface area contributed by atoms with Crippen molar-refractivity contribution >= 4 is 16.8 Å². The number of rotatable bonds is 3. The van der Waals surface area contributed by atoms with E-state index in [1.54, 1.807) is 11.7 Å². The van der Waals surface area contributed by atoms with Gasteiger partial charge in [-0.3, -0.25) is 14.4 Å². The minimum Gasteiger partial charge on any atom is -0.369 e. The smallest absolute Gasteiger partial charge is 0.240 e. The molecular weight excluding hydrogens is 295 g/mol. The van der Waals surface area contributed by atoms with E-state index in [0.717, 1.165) is 43.3 Å². The van der Waals surface area contributed by atoms with Crippen LogP contribution in [0.15, 0.2) is 18.2 Å². The lowest BCUT2D eigenvalue weighted by Crippen LogP contribution is -2.45. The monoisotopic (exact) mass is 316 g/mol. The summed E-state index contributed by atoms with van der Waals surface area (Å²) in [4.78, 5) is 13.9. The van der Waals surface area contributed by atoms with Crippen molar-refractivity contribution in [1.29, 1.82) is 0 Å². The van der Waals surface area contributed by atoms with Crippen LogP contribution in [0.1, 0.15) is 31.2 Å². The molecule has 2 N–H and O–H groups in total. The Bertz CT molecular complexity index is 757. The predicted molar refractivity (Wildman–Crippen MR) is 84.9 cm³/mol. The van der Waals surface area contributed by atoms with Gasteiger partial charge in [0, 0.05) is 31.6 Å². The van der Waals surface area contributed by atoms with Crippen molar-refractivity contribution in [2.45, 2.75) is 44.3 Å². The molecule has 122 valence electrons. The van der Waals surface area contributed by atoms with E-state index in [-0.39, 0.29) is 11.8 Å². The number of nitrogens with zero attached hydrogens (tertiary/aromatic N) is 3. The number of aromatic nitrogens is 2. The number of fused-ring (bicyclic) bond motifs is 3. The average Bonchev–Trinajstić information content (AvgIpc) is 2.91. The summed E-state index contributed by atoms with van der Waals surface area (Å²) in [5.41, 5.74) is 7.39. The molecule has 2 aliphatic rings. The zero-order chi connectivity index (χ0) is 16.1. The van der Waals surface area contributed by atoms with Crippen LogP contribution in [0.3, 0.4) is 0 Å². The summed E-state index contributed by atoms with van der Waals surface area (Å²) in [6, 6.07) is 6.71. The molecule has 2 aromatic rings. The third-order valence-corrected chi connectivity index (χ3v) is 5.52. The number of carbonyl (C=O) groups is 1. The Hall–Kier alpha value is -1.95. The number of benzene rings is 1. The maximum absolute atomic E-state index is 13.9. The highest BCUT2D eigenvalue weighted by Crippen LogP contribution is 2.39. The second kappa shape index (κ2) is 5.30. The maximum Gasteiger partial charge on any atom is 0.240 e. The van der Waals surface area contributed by atoms with Gasteiger partial charge >= 0.3 is 0 Å². The number of halogens is 1.